The average molecular weight is 348 g/mol. The fraction of sp³-hybridized carbons (Fsp3) is 0.143. The van der Waals surface area contributed by atoms with Gasteiger partial charge in [-0.15, -0.1) is 11.8 Å². The molecule has 0 aromatic heterocycles. The number of hydrogen-bond acceptors (Lipinski definition) is 4. The van der Waals surface area contributed by atoms with Crippen LogP contribution in [0.15, 0.2) is 59.5 Å². The van der Waals surface area contributed by atoms with E-state index in [0.29, 0.717) is 5.75 Å². The third kappa shape index (κ3) is 4.41. The number of rotatable bonds is 5. The van der Waals surface area contributed by atoms with Gasteiger partial charge in [-0.2, -0.15) is 21.6 Å². The molecule has 0 saturated heterocycles. The largest absolute Gasteiger partial charge is 0.534 e. The molecule has 3 nitrogen and oxygen atoms in total. The van der Waals surface area contributed by atoms with Crippen LogP contribution in [0.25, 0.3) is 0 Å². The van der Waals surface area contributed by atoms with Crippen molar-refractivity contribution in [2.24, 2.45) is 0 Å². The van der Waals surface area contributed by atoms with Crippen LogP contribution in [0.4, 0.5) is 13.2 Å². The molecule has 118 valence electrons. The van der Waals surface area contributed by atoms with Gasteiger partial charge in [0, 0.05) is 10.6 Å². The lowest BCUT2D eigenvalue weighted by Crippen LogP contribution is -2.27. The average Bonchev–Trinajstić information content (AvgIpc) is 2.46. The van der Waals surface area contributed by atoms with Crippen molar-refractivity contribution < 1.29 is 25.8 Å². The maximum Gasteiger partial charge on any atom is 0.534 e. The van der Waals surface area contributed by atoms with Gasteiger partial charge in [-0.25, -0.2) is 0 Å². The Hall–Kier alpha value is -1.67. The van der Waals surface area contributed by atoms with E-state index < -0.39 is 15.6 Å². The highest BCUT2D eigenvalue weighted by Crippen LogP contribution is 2.29. The van der Waals surface area contributed by atoms with E-state index in [1.807, 2.05) is 30.3 Å². The van der Waals surface area contributed by atoms with Crippen LogP contribution >= 0.6 is 11.8 Å². The van der Waals surface area contributed by atoms with Gasteiger partial charge < -0.3 is 4.18 Å². The quantitative estimate of drug-likeness (QED) is 0.461. The first-order valence-corrected chi connectivity index (χ1v) is 8.45. The van der Waals surface area contributed by atoms with Crippen LogP contribution in [0.3, 0.4) is 0 Å². The zero-order valence-electron chi connectivity index (χ0n) is 11.1. The first-order valence-electron chi connectivity index (χ1n) is 6.05. The second-order valence-corrected chi connectivity index (χ2v) is 6.82. The fourth-order valence-corrected chi connectivity index (χ4v) is 2.82. The normalized spacial score (nSPS) is 12.1. The molecule has 2 aromatic carbocycles. The summed E-state index contributed by atoms with van der Waals surface area (Å²) in [6, 6.07) is 15.0. The molecule has 0 amide bonds. The molecule has 0 aliphatic rings. The van der Waals surface area contributed by atoms with E-state index >= 15 is 0 Å². The molecule has 0 fully saturated rings. The van der Waals surface area contributed by atoms with Crippen LogP contribution in [-0.2, 0) is 15.9 Å². The van der Waals surface area contributed by atoms with Crippen LogP contribution in [0.1, 0.15) is 5.56 Å². The Morgan fingerprint density at radius 3 is 2.09 bits per heavy atom. The predicted octanol–water partition coefficient (Wildman–Crippen LogP) is 4.21. The van der Waals surface area contributed by atoms with Crippen molar-refractivity contribution in [3.63, 3.8) is 0 Å². The highest BCUT2D eigenvalue weighted by Gasteiger charge is 2.48. The van der Waals surface area contributed by atoms with E-state index in [-0.39, 0.29) is 5.75 Å². The van der Waals surface area contributed by atoms with Crippen LogP contribution < -0.4 is 4.18 Å². The van der Waals surface area contributed by atoms with E-state index in [1.165, 1.54) is 36.0 Å². The summed E-state index contributed by atoms with van der Waals surface area (Å²) in [7, 11) is -5.63. The molecule has 0 saturated carbocycles. The van der Waals surface area contributed by atoms with E-state index in [9.17, 15) is 21.6 Å². The Labute approximate surface area is 130 Å². The second-order valence-electron chi connectivity index (χ2n) is 4.23. The van der Waals surface area contributed by atoms with Crippen molar-refractivity contribution in [2.45, 2.75) is 16.2 Å². The molecule has 2 aromatic rings. The van der Waals surface area contributed by atoms with E-state index in [2.05, 4.69) is 4.18 Å². The SMILES string of the molecule is O=S(=O)(Oc1ccc(SCc2ccccc2)cc1)C(F)(F)F. The number of benzene rings is 2. The summed E-state index contributed by atoms with van der Waals surface area (Å²) in [5.74, 6) is 0.323. The van der Waals surface area contributed by atoms with Gasteiger partial charge in [-0.1, -0.05) is 30.3 Å². The maximum atomic E-state index is 12.2. The Morgan fingerprint density at radius 2 is 1.55 bits per heavy atom. The van der Waals surface area contributed by atoms with Crippen LogP contribution in [-0.4, -0.2) is 13.9 Å². The topological polar surface area (TPSA) is 43.4 Å². The molecular formula is C14H11F3O3S2. The van der Waals surface area contributed by atoms with E-state index in [4.69, 9.17) is 0 Å². The molecule has 0 radical (unpaired) electrons. The molecule has 0 N–H and O–H groups in total. The minimum Gasteiger partial charge on any atom is -0.376 e. The minimum atomic E-state index is -5.63. The standard InChI is InChI=1S/C14H11F3O3S2/c15-14(16,17)22(18,19)20-12-6-8-13(9-7-12)21-10-11-4-2-1-3-5-11/h1-9H,10H2. The monoisotopic (exact) mass is 348 g/mol. The molecular weight excluding hydrogens is 337 g/mol. The lowest BCUT2D eigenvalue weighted by molar-refractivity contribution is -0.0500. The summed E-state index contributed by atoms with van der Waals surface area (Å²) >= 11 is 1.48. The van der Waals surface area contributed by atoms with Gasteiger partial charge in [0.05, 0.1) is 0 Å². The molecule has 0 heterocycles. The Kier molecular flexibility index (Phi) is 5.02. The lowest BCUT2D eigenvalue weighted by atomic mass is 10.2. The molecule has 0 aliphatic heterocycles. The summed E-state index contributed by atoms with van der Waals surface area (Å²) in [6.45, 7) is 0. The molecule has 0 unspecified atom stereocenters. The molecule has 0 aliphatic carbocycles. The van der Waals surface area contributed by atoms with Gasteiger partial charge >= 0.3 is 15.6 Å². The van der Waals surface area contributed by atoms with Gasteiger partial charge in [-0.05, 0) is 29.8 Å². The van der Waals surface area contributed by atoms with Crippen molar-refractivity contribution >= 4 is 21.9 Å². The lowest BCUT2D eigenvalue weighted by Gasteiger charge is -2.09. The molecule has 0 atom stereocenters. The van der Waals surface area contributed by atoms with Crippen molar-refractivity contribution in [3.05, 3.63) is 60.2 Å². The summed E-state index contributed by atoms with van der Waals surface area (Å²) < 4.78 is 62.3. The summed E-state index contributed by atoms with van der Waals surface area (Å²) in [6.07, 6.45) is 0. The zero-order valence-corrected chi connectivity index (χ0v) is 12.7. The third-order valence-corrected chi connectivity index (χ3v) is 4.62. The highest BCUT2D eigenvalue weighted by molar-refractivity contribution is 7.98. The van der Waals surface area contributed by atoms with E-state index in [1.54, 1.807) is 0 Å². The Bertz CT molecular complexity index is 711. The van der Waals surface area contributed by atoms with Gasteiger partial charge in [0.25, 0.3) is 0 Å². The summed E-state index contributed by atoms with van der Waals surface area (Å²) in [5.41, 5.74) is -4.33. The summed E-state index contributed by atoms with van der Waals surface area (Å²) in [5, 5.41) is 0. The Morgan fingerprint density at radius 1 is 0.955 bits per heavy atom. The molecule has 8 heteroatoms. The zero-order chi connectivity index (χ0) is 16.2. The smallest absolute Gasteiger partial charge is 0.376 e. The first kappa shape index (κ1) is 16.7. The van der Waals surface area contributed by atoms with Crippen LogP contribution in [0.2, 0.25) is 0 Å². The fourth-order valence-electron chi connectivity index (χ4n) is 1.51. The first-order chi connectivity index (χ1) is 10.3. The number of hydrogen-bond donors (Lipinski definition) is 0. The van der Waals surface area contributed by atoms with Crippen LogP contribution in [0, 0.1) is 0 Å². The highest BCUT2D eigenvalue weighted by atomic mass is 32.2. The number of alkyl halides is 3. The Balaban J connectivity index is 1.99. The van der Waals surface area contributed by atoms with Gasteiger partial charge in [-0.3, -0.25) is 0 Å². The molecule has 0 spiro atoms. The van der Waals surface area contributed by atoms with Crippen molar-refractivity contribution in [2.75, 3.05) is 0 Å². The molecule has 2 rings (SSSR count). The third-order valence-electron chi connectivity index (χ3n) is 2.56. The second kappa shape index (κ2) is 6.62. The molecule has 0 bridgehead atoms. The van der Waals surface area contributed by atoms with Gasteiger partial charge in [0.2, 0.25) is 0 Å². The van der Waals surface area contributed by atoms with Crippen LogP contribution in [0.5, 0.6) is 5.75 Å². The van der Waals surface area contributed by atoms with Gasteiger partial charge in [0.15, 0.2) is 0 Å². The van der Waals surface area contributed by atoms with Crippen molar-refractivity contribution in [3.8, 4) is 5.75 Å². The van der Waals surface area contributed by atoms with Gasteiger partial charge in [0.1, 0.15) is 5.75 Å². The number of thioether (sulfide) groups is 1. The summed E-state index contributed by atoms with van der Waals surface area (Å²) in [4.78, 5) is 0.792. The van der Waals surface area contributed by atoms with Crippen molar-refractivity contribution in [1.29, 1.82) is 0 Å². The van der Waals surface area contributed by atoms with E-state index in [0.717, 1.165) is 10.5 Å². The number of halogens is 3. The predicted molar refractivity (Wildman–Crippen MR) is 78.0 cm³/mol. The molecule has 22 heavy (non-hydrogen) atoms. The minimum absolute atomic E-state index is 0.374. The van der Waals surface area contributed by atoms with Crippen molar-refractivity contribution in [1.82, 2.24) is 0 Å². The maximum absolute atomic E-state index is 12.2.